The van der Waals surface area contributed by atoms with Crippen LogP contribution in [-0.2, 0) is 0 Å². The fourth-order valence-corrected chi connectivity index (χ4v) is 7.21. The first-order valence-corrected chi connectivity index (χ1v) is 17.7. The summed E-state index contributed by atoms with van der Waals surface area (Å²) in [5.74, 6) is 0.674. The molecule has 4 heterocycles. The largest absolute Gasteiger partial charge is 0.298 e. The Morgan fingerprint density at radius 2 is 0.906 bits per heavy atom. The van der Waals surface area contributed by atoms with Crippen molar-refractivity contribution in [1.29, 1.82) is 0 Å². The molecule has 0 saturated carbocycles. The molecule has 53 heavy (non-hydrogen) atoms. The molecule has 5 nitrogen and oxygen atoms in total. The van der Waals surface area contributed by atoms with E-state index in [2.05, 4.69) is 138 Å². The third-order valence-electron chi connectivity index (χ3n) is 9.80. The van der Waals surface area contributed by atoms with E-state index in [4.69, 9.17) is 19.9 Å². The topological polar surface area (TPSA) is 56.0 Å². The van der Waals surface area contributed by atoms with E-state index in [1.54, 1.807) is 0 Å². The molecule has 0 bridgehead atoms. The van der Waals surface area contributed by atoms with Crippen LogP contribution in [0.25, 0.3) is 95.0 Å². The van der Waals surface area contributed by atoms with Gasteiger partial charge in [0.25, 0.3) is 0 Å². The maximum atomic E-state index is 5.22. The maximum absolute atomic E-state index is 5.22. The Labute approximate surface area is 306 Å². The smallest absolute Gasteiger partial charge is 0.160 e. The van der Waals surface area contributed by atoms with Crippen molar-refractivity contribution in [2.45, 2.75) is 0 Å². The molecule has 10 aromatic rings. The van der Waals surface area contributed by atoms with Gasteiger partial charge in [0.05, 0.1) is 28.1 Å². The Morgan fingerprint density at radius 1 is 0.358 bits per heavy atom. The van der Waals surface area contributed by atoms with Crippen molar-refractivity contribution in [2.24, 2.45) is 0 Å². The van der Waals surface area contributed by atoms with Crippen LogP contribution in [0.4, 0.5) is 0 Å². The first-order valence-electron chi connectivity index (χ1n) is 17.7. The molecule has 248 valence electrons. The molecule has 5 heteroatoms. The highest BCUT2D eigenvalue weighted by molar-refractivity contribution is 6.09. The van der Waals surface area contributed by atoms with Crippen LogP contribution in [0.2, 0.25) is 0 Å². The number of pyridine rings is 2. The normalized spacial score (nSPS) is 11.4. The predicted molar refractivity (Wildman–Crippen MR) is 216 cm³/mol. The lowest BCUT2D eigenvalue weighted by Crippen LogP contribution is -1.96. The quantitative estimate of drug-likeness (QED) is 0.176. The minimum absolute atomic E-state index is 0.674. The lowest BCUT2D eigenvalue weighted by molar-refractivity contribution is 1.18. The van der Waals surface area contributed by atoms with E-state index in [1.807, 2.05) is 54.6 Å². The summed E-state index contributed by atoms with van der Waals surface area (Å²) < 4.78 is 2.14. The molecule has 0 fully saturated rings. The third-order valence-corrected chi connectivity index (χ3v) is 9.80. The van der Waals surface area contributed by atoms with Crippen molar-refractivity contribution >= 4 is 27.6 Å². The lowest BCUT2D eigenvalue weighted by Gasteiger charge is -2.12. The Bertz CT molecular complexity index is 2950. The predicted octanol–water partition coefficient (Wildman–Crippen LogP) is 11.8. The van der Waals surface area contributed by atoms with Crippen LogP contribution >= 0.6 is 0 Å². The zero-order valence-corrected chi connectivity index (χ0v) is 28.6. The van der Waals surface area contributed by atoms with Crippen molar-refractivity contribution in [2.75, 3.05) is 0 Å². The fourth-order valence-electron chi connectivity index (χ4n) is 7.21. The second-order valence-corrected chi connectivity index (χ2v) is 13.2. The maximum Gasteiger partial charge on any atom is 0.160 e. The molecule has 0 N–H and O–H groups in total. The summed E-state index contributed by atoms with van der Waals surface area (Å²) in [6, 6.07) is 62.9. The van der Waals surface area contributed by atoms with Crippen molar-refractivity contribution < 1.29 is 0 Å². The first-order chi connectivity index (χ1) is 26.2. The standard InChI is InChI=1S/C48H31N5/c1-3-14-32(15-4-1)34-18-11-21-37(28-34)43-31-42(33-16-5-2-6-17-33)50-48(51-43)39-23-13-20-36(30-39)35-19-12-22-38(29-35)45-47-46(40-24-7-8-25-41(40)49-45)52-44-26-9-10-27-53(44)47/h1-31H. The van der Waals surface area contributed by atoms with E-state index >= 15 is 0 Å². The summed E-state index contributed by atoms with van der Waals surface area (Å²) in [4.78, 5) is 20.6. The summed E-state index contributed by atoms with van der Waals surface area (Å²) in [5, 5.41) is 1.04. The van der Waals surface area contributed by atoms with Gasteiger partial charge in [-0.3, -0.25) is 4.40 Å². The number of para-hydroxylation sites is 1. The number of benzene rings is 6. The highest BCUT2D eigenvalue weighted by Gasteiger charge is 2.17. The Morgan fingerprint density at radius 3 is 1.68 bits per heavy atom. The van der Waals surface area contributed by atoms with Gasteiger partial charge in [-0.2, -0.15) is 0 Å². The van der Waals surface area contributed by atoms with Gasteiger partial charge in [0.2, 0.25) is 0 Å². The first kappa shape index (κ1) is 30.6. The van der Waals surface area contributed by atoms with Crippen molar-refractivity contribution in [1.82, 2.24) is 24.3 Å². The number of hydrogen-bond donors (Lipinski definition) is 0. The number of hydrogen-bond acceptors (Lipinski definition) is 4. The summed E-state index contributed by atoms with van der Waals surface area (Å²) in [5.41, 5.74) is 14.9. The highest BCUT2D eigenvalue weighted by atomic mass is 15.0. The number of aromatic nitrogens is 5. The van der Waals surface area contributed by atoms with Gasteiger partial charge >= 0.3 is 0 Å². The van der Waals surface area contributed by atoms with Crippen molar-refractivity contribution in [3.63, 3.8) is 0 Å². The molecule has 0 spiro atoms. The minimum Gasteiger partial charge on any atom is -0.298 e. The Hall–Kier alpha value is -7.24. The van der Waals surface area contributed by atoms with Crippen LogP contribution in [0, 0.1) is 0 Å². The van der Waals surface area contributed by atoms with Gasteiger partial charge in [-0.15, -0.1) is 0 Å². The average Bonchev–Trinajstić information content (AvgIpc) is 3.64. The number of rotatable bonds is 6. The van der Waals surface area contributed by atoms with E-state index < -0.39 is 0 Å². The second-order valence-electron chi connectivity index (χ2n) is 13.2. The molecule has 0 aliphatic rings. The Kier molecular flexibility index (Phi) is 7.40. The molecular formula is C48H31N5. The number of nitrogens with zero attached hydrogens (tertiary/aromatic N) is 5. The molecular weight excluding hydrogens is 647 g/mol. The molecule has 0 amide bonds. The van der Waals surface area contributed by atoms with Gasteiger partial charge in [0.1, 0.15) is 11.2 Å². The fraction of sp³-hybridized carbons (Fsp3) is 0. The van der Waals surface area contributed by atoms with Crippen LogP contribution in [0.5, 0.6) is 0 Å². The SMILES string of the molecule is c1ccc(-c2cccc(-c3cc(-c4ccccc4)nc(-c4cccc(-c5cccc(-c6nc7ccccc7c7nc8ccccn8c67)c5)c4)n3)c2)cc1. The summed E-state index contributed by atoms with van der Waals surface area (Å²) in [6.07, 6.45) is 2.06. The van der Waals surface area contributed by atoms with Gasteiger partial charge in [0.15, 0.2) is 5.82 Å². The highest BCUT2D eigenvalue weighted by Crippen LogP contribution is 2.36. The molecule has 0 aliphatic carbocycles. The van der Waals surface area contributed by atoms with E-state index in [0.29, 0.717) is 5.82 Å². The van der Waals surface area contributed by atoms with Crippen LogP contribution in [0.1, 0.15) is 0 Å². The van der Waals surface area contributed by atoms with Gasteiger partial charge in [-0.25, -0.2) is 19.9 Å². The minimum atomic E-state index is 0.674. The molecule has 0 aliphatic heterocycles. The Balaban J connectivity index is 1.09. The number of imidazole rings is 1. The molecule has 0 atom stereocenters. The molecule has 10 rings (SSSR count). The molecule has 0 unspecified atom stereocenters. The molecule has 0 radical (unpaired) electrons. The van der Waals surface area contributed by atoms with Crippen LogP contribution in [0.15, 0.2) is 188 Å². The number of fused-ring (bicyclic) bond motifs is 5. The van der Waals surface area contributed by atoms with Gasteiger partial charge in [0, 0.05) is 33.8 Å². The van der Waals surface area contributed by atoms with E-state index in [0.717, 1.165) is 83.6 Å². The van der Waals surface area contributed by atoms with Gasteiger partial charge in [-0.05, 0) is 64.7 Å². The average molecular weight is 678 g/mol. The molecule has 6 aromatic carbocycles. The van der Waals surface area contributed by atoms with Gasteiger partial charge < -0.3 is 0 Å². The lowest BCUT2D eigenvalue weighted by atomic mass is 9.98. The third kappa shape index (κ3) is 5.61. The zero-order valence-electron chi connectivity index (χ0n) is 28.6. The molecule has 0 saturated heterocycles. The van der Waals surface area contributed by atoms with E-state index in [1.165, 1.54) is 5.56 Å². The second kappa shape index (κ2) is 12.8. The van der Waals surface area contributed by atoms with Crippen LogP contribution < -0.4 is 0 Å². The van der Waals surface area contributed by atoms with Crippen LogP contribution in [-0.4, -0.2) is 24.3 Å². The van der Waals surface area contributed by atoms with E-state index in [9.17, 15) is 0 Å². The monoisotopic (exact) mass is 677 g/mol. The van der Waals surface area contributed by atoms with Crippen LogP contribution in [0.3, 0.4) is 0 Å². The van der Waals surface area contributed by atoms with Gasteiger partial charge in [-0.1, -0.05) is 140 Å². The van der Waals surface area contributed by atoms with E-state index in [-0.39, 0.29) is 0 Å². The van der Waals surface area contributed by atoms with Crippen molar-refractivity contribution in [3.05, 3.63) is 188 Å². The zero-order chi connectivity index (χ0) is 35.1. The summed E-state index contributed by atoms with van der Waals surface area (Å²) >= 11 is 0. The summed E-state index contributed by atoms with van der Waals surface area (Å²) in [6.45, 7) is 0. The molecule has 4 aromatic heterocycles. The van der Waals surface area contributed by atoms with Crippen molar-refractivity contribution in [3.8, 4) is 67.4 Å². The summed E-state index contributed by atoms with van der Waals surface area (Å²) in [7, 11) is 0.